The molecule has 4 nitrogen and oxygen atoms in total. The van der Waals surface area contributed by atoms with Gasteiger partial charge >= 0.3 is 6.18 Å². The van der Waals surface area contributed by atoms with Crippen LogP contribution in [-0.2, 0) is 10.3 Å². The van der Waals surface area contributed by atoms with Gasteiger partial charge in [-0.1, -0.05) is 28.8 Å². The van der Waals surface area contributed by atoms with Crippen molar-refractivity contribution in [2.75, 3.05) is 6.61 Å². The zero-order chi connectivity index (χ0) is 18.2. The van der Waals surface area contributed by atoms with Gasteiger partial charge in [0.2, 0.25) is 0 Å². The highest BCUT2D eigenvalue weighted by Gasteiger charge is 2.48. The third-order valence-corrected chi connectivity index (χ3v) is 5.30. The van der Waals surface area contributed by atoms with E-state index in [0.29, 0.717) is 29.3 Å². The number of hydrogen-bond acceptors (Lipinski definition) is 3. The fourth-order valence-electron chi connectivity index (χ4n) is 3.27. The standard InChI is InChI=1S/C16H16BrF3N2O2S/c17-10-4-5-12-11(7-10)15(13(23)21-14(25)22-15)6-2-1-3-9(8-24-12)16(18,19)20/h4-5,7,9H,1-3,6,8H2,(H2,21,22,23,25). The SMILES string of the molecule is O=C1NC(=S)NC12CCCCC(C(F)(F)F)COc1ccc(Br)cc12. The molecule has 1 amide bonds. The van der Waals surface area contributed by atoms with Gasteiger partial charge in [0.25, 0.3) is 5.91 Å². The summed E-state index contributed by atoms with van der Waals surface area (Å²) in [6.07, 6.45) is -3.20. The topological polar surface area (TPSA) is 50.4 Å². The quantitative estimate of drug-likeness (QED) is 0.607. The van der Waals surface area contributed by atoms with E-state index in [1.54, 1.807) is 18.2 Å². The monoisotopic (exact) mass is 436 g/mol. The van der Waals surface area contributed by atoms with E-state index in [1.807, 2.05) is 0 Å². The minimum absolute atomic E-state index is 0.0303. The Morgan fingerprint density at radius 1 is 1.32 bits per heavy atom. The van der Waals surface area contributed by atoms with Gasteiger partial charge in [0.1, 0.15) is 11.3 Å². The van der Waals surface area contributed by atoms with Crippen LogP contribution in [0.15, 0.2) is 22.7 Å². The molecule has 1 aromatic carbocycles. The molecule has 2 aliphatic rings. The molecule has 136 valence electrons. The Balaban J connectivity index is 2.04. The van der Waals surface area contributed by atoms with E-state index in [4.69, 9.17) is 17.0 Å². The van der Waals surface area contributed by atoms with E-state index >= 15 is 0 Å². The van der Waals surface area contributed by atoms with E-state index in [1.165, 1.54) is 0 Å². The Morgan fingerprint density at radius 3 is 2.72 bits per heavy atom. The lowest BCUT2D eigenvalue weighted by Gasteiger charge is -2.31. The van der Waals surface area contributed by atoms with E-state index < -0.39 is 24.2 Å². The summed E-state index contributed by atoms with van der Waals surface area (Å²) in [6.45, 7) is -0.472. The molecule has 3 rings (SSSR count). The molecule has 1 spiro atoms. The van der Waals surface area contributed by atoms with Crippen molar-refractivity contribution in [3.8, 4) is 5.75 Å². The first-order valence-corrected chi connectivity index (χ1v) is 9.05. The largest absolute Gasteiger partial charge is 0.493 e. The summed E-state index contributed by atoms with van der Waals surface area (Å²) in [5.74, 6) is -1.58. The second-order valence-corrected chi connectivity index (χ2v) is 7.57. The van der Waals surface area contributed by atoms with E-state index in [0.717, 1.165) is 0 Å². The molecule has 2 unspecified atom stereocenters. The Labute approximate surface area is 156 Å². The van der Waals surface area contributed by atoms with Gasteiger partial charge in [0, 0.05) is 10.0 Å². The van der Waals surface area contributed by atoms with Crippen LogP contribution in [0.1, 0.15) is 31.2 Å². The summed E-state index contributed by atoms with van der Waals surface area (Å²) in [5, 5.41) is 5.80. The maximum Gasteiger partial charge on any atom is 0.395 e. The number of benzene rings is 1. The first kappa shape index (κ1) is 18.4. The van der Waals surface area contributed by atoms with Gasteiger partial charge in [-0.25, -0.2) is 0 Å². The predicted molar refractivity (Wildman–Crippen MR) is 93.2 cm³/mol. The first-order chi connectivity index (χ1) is 11.7. The number of halogens is 4. The molecule has 0 bridgehead atoms. The molecule has 1 saturated heterocycles. The normalized spacial score (nSPS) is 27.3. The van der Waals surface area contributed by atoms with Gasteiger partial charge in [0.05, 0.1) is 12.5 Å². The molecule has 25 heavy (non-hydrogen) atoms. The number of carbonyl (C=O) groups excluding carboxylic acids is 1. The van der Waals surface area contributed by atoms with Gasteiger partial charge in [0.15, 0.2) is 5.11 Å². The number of rotatable bonds is 0. The minimum Gasteiger partial charge on any atom is -0.493 e. The summed E-state index contributed by atoms with van der Waals surface area (Å²) in [5.41, 5.74) is -0.636. The van der Waals surface area contributed by atoms with E-state index in [9.17, 15) is 18.0 Å². The number of nitrogens with one attached hydrogen (secondary N) is 2. The lowest BCUT2D eigenvalue weighted by Crippen LogP contribution is -2.44. The molecule has 2 aliphatic heterocycles. The number of ether oxygens (including phenoxy) is 1. The van der Waals surface area contributed by atoms with Crippen LogP contribution in [0, 0.1) is 5.92 Å². The number of hydrogen-bond donors (Lipinski definition) is 2. The fourth-order valence-corrected chi connectivity index (χ4v) is 3.89. The molecule has 0 aliphatic carbocycles. The Kier molecular flexibility index (Phi) is 4.98. The van der Waals surface area contributed by atoms with Gasteiger partial charge in [-0.05, 0) is 43.3 Å². The summed E-state index contributed by atoms with van der Waals surface area (Å²) in [4.78, 5) is 12.6. The van der Waals surface area contributed by atoms with Crippen molar-refractivity contribution in [3.05, 3.63) is 28.2 Å². The van der Waals surface area contributed by atoms with Gasteiger partial charge in [-0.15, -0.1) is 0 Å². The second-order valence-electron chi connectivity index (χ2n) is 6.25. The van der Waals surface area contributed by atoms with Crippen molar-refractivity contribution >= 4 is 39.2 Å². The van der Waals surface area contributed by atoms with Gasteiger partial charge < -0.3 is 15.4 Å². The molecule has 2 heterocycles. The Hall–Kier alpha value is -1.35. The summed E-state index contributed by atoms with van der Waals surface area (Å²) in [7, 11) is 0. The molecule has 0 aromatic heterocycles. The Bertz CT molecular complexity index is 713. The first-order valence-electron chi connectivity index (χ1n) is 7.85. The van der Waals surface area contributed by atoms with Crippen molar-refractivity contribution in [2.45, 2.75) is 37.4 Å². The van der Waals surface area contributed by atoms with Gasteiger partial charge in [-0.3, -0.25) is 4.79 Å². The van der Waals surface area contributed by atoms with Crippen LogP contribution in [0.3, 0.4) is 0 Å². The molecule has 2 atom stereocenters. The lowest BCUT2D eigenvalue weighted by molar-refractivity contribution is -0.184. The summed E-state index contributed by atoms with van der Waals surface area (Å²) >= 11 is 8.43. The van der Waals surface area contributed by atoms with Crippen molar-refractivity contribution in [1.29, 1.82) is 0 Å². The molecule has 0 saturated carbocycles. The highest BCUT2D eigenvalue weighted by atomic mass is 79.9. The predicted octanol–water partition coefficient (Wildman–Crippen LogP) is 3.78. The van der Waals surface area contributed by atoms with Crippen LogP contribution in [0.2, 0.25) is 0 Å². The second kappa shape index (κ2) is 6.75. The van der Waals surface area contributed by atoms with Crippen molar-refractivity contribution in [1.82, 2.24) is 10.6 Å². The highest BCUT2D eigenvalue weighted by Crippen LogP contribution is 2.41. The van der Waals surface area contributed by atoms with Crippen LogP contribution in [0.25, 0.3) is 0 Å². The zero-order valence-electron chi connectivity index (χ0n) is 13.1. The van der Waals surface area contributed by atoms with E-state index in [-0.39, 0.29) is 23.2 Å². The van der Waals surface area contributed by atoms with Crippen LogP contribution in [0.5, 0.6) is 5.75 Å². The maximum atomic E-state index is 13.2. The van der Waals surface area contributed by atoms with Crippen molar-refractivity contribution in [2.24, 2.45) is 5.92 Å². The zero-order valence-corrected chi connectivity index (χ0v) is 15.5. The molecule has 0 radical (unpaired) electrons. The smallest absolute Gasteiger partial charge is 0.395 e. The Morgan fingerprint density at radius 2 is 2.08 bits per heavy atom. The number of fused-ring (bicyclic) bond motifs is 2. The third-order valence-electron chi connectivity index (χ3n) is 4.60. The van der Waals surface area contributed by atoms with Crippen LogP contribution < -0.4 is 15.4 Å². The lowest BCUT2D eigenvalue weighted by atomic mass is 9.83. The van der Waals surface area contributed by atoms with E-state index in [2.05, 4.69) is 26.6 Å². The average molecular weight is 437 g/mol. The minimum atomic E-state index is -4.31. The van der Waals surface area contributed by atoms with Crippen LogP contribution in [0.4, 0.5) is 13.2 Å². The molecular weight excluding hydrogens is 421 g/mol. The molecule has 2 N–H and O–H groups in total. The molecule has 1 aromatic rings. The summed E-state index contributed by atoms with van der Waals surface area (Å²) < 4.78 is 45.7. The summed E-state index contributed by atoms with van der Waals surface area (Å²) in [6, 6.07) is 4.94. The number of thiocarbonyl (C=S) groups is 1. The number of carbonyl (C=O) groups is 1. The third kappa shape index (κ3) is 3.62. The van der Waals surface area contributed by atoms with Crippen molar-refractivity contribution in [3.63, 3.8) is 0 Å². The molecule has 9 heteroatoms. The number of amides is 1. The number of alkyl halides is 3. The van der Waals surface area contributed by atoms with Gasteiger partial charge in [-0.2, -0.15) is 13.2 Å². The van der Waals surface area contributed by atoms with Crippen molar-refractivity contribution < 1.29 is 22.7 Å². The average Bonchev–Trinajstić information content (AvgIpc) is 2.80. The van der Waals surface area contributed by atoms with Crippen LogP contribution >= 0.6 is 28.1 Å². The van der Waals surface area contributed by atoms with Crippen LogP contribution in [-0.4, -0.2) is 23.8 Å². The maximum absolute atomic E-state index is 13.2. The fraction of sp³-hybridized carbons (Fsp3) is 0.500. The molecular formula is C16H16BrF3N2O2S. The highest BCUT2D eigenvalue weighted by molar-refractivity contribution is 9.10. The molecule has 1 fully saturated rings.